The largest absolute Gasteiger partial charge is 0.393 e. The summed E-state index contributed by atoms with van der Waals surface area (Å²) in [5.41, 5.74) is 2.51. The molecule has 0 saturated carbocycles. The van der Waals surface area contributed by atoms with Crippen LogP contribution in [0.15, 0.2) is 54.6 Å². The quantitative estimate of drug-likeness (QED) is 0.450. The molecule has 0 aromatic heterocycles. The molecule has 2 aromatic carbocycles. The zero-order valence-electron chi connectivity index (χ0n) is 14.3. The summed E-state index contributed by atoms with van der Waals surface area (Å²) in [4.78, 5) is 0. The van der Waals surface area contributed by atoms with Gasteiger partial charge in [0.05, 0.1) is 6.10 Å². The SMILES string of the molecule is OC1CC(c2ccccc2)N[C@H]2CC(c3cccc(Cl)c3)N(SI)C[C@@H]12. The molecule has 2 aliphatic rings. The van der Waals surface area contributed by atoms with Crippen molar-refractivity contribution >= 4 is 41.9 Å². The van der Waals surface area contributed by atoms with Gasteiger partial charge in [-0.2, -0.15) is 0 Å². The van der Waals surface area contributed by atoms with Gasteiger partial charge in [0, 0.05) is 56.8 Å². The van der Waals surface area contributed by atoms with Crippen molar-refractivity contribution in [1.29, 1.82) is 0 Å². The number of benzene rings is 2. The molecule has 6 heteroatoms. The van der Waals surface area contributed by atoms with Gasteiger partial charge in [-0.3, -0.25) is 0 Å². The minimum atomic E-state index is -0.280. The van der Waals surface area contributed by atoms with E-state index in [1.807, 2.05) is 18.2 Å². The fourth-order valence-electron chi connectivity index (χ4n) is 4.33. The van der Waals surface area contributed by atoms with Crippen LogP contribution >= 0.6 is 41.9 Å². The van der Waals surface area contributed by atoms with Crippen LogP contribution in [0.3, 0.4) is 0 Å². The molecular weight excluding hydrogens is 479 g/mol. The average molecular weight is 501 g/mol. The summed E-state index contributed by atoms with van der Waals surface area (Å²) in [5, 5.41) is 15.5. The number of hydrogen-bond donors (Lipinski definition) is 2. The molecule has 2 fully saturated rings. The molecule has 5 atom stereocenters. The van der Waals surface area contributed by atoms with E-state index in [0.717, 1.165) is 24.4 Å². The highest BCUT2D eigenvalue weighted by atomic mass is 127. The van der Waals surface area contributed by atoms with Crippen LogP contribution in [0.4, 0.5) is 0 Å². The third kappa shape index (κ3) is 3.93. The van der Waals surface area contributed by atoms with E-state index in [1.54, 1.807) is 9.12 Å². The van der Waals surface area contributed by atoms with Crippen LogP contribution in [-0.4, -0.2) is 28.1 Å². The Bertz CT molecular complexity index is 750. The Morgan fingerprint density at radius 1 is 1.08 bits per heavy atom. The van der Waals surface area contributed by atoms with Crippen LogP contribution in [0.2, 0.25) is 5.02 Å². The van der Waals surface area contributed by atoms with Crippen molar-refractivity contribution in [2.75, 3.05) is 6.54 Å². The zero-order valence-corrected chi connectivity index (χ0v) is 18.0. The minimum absolute atomic E-state index is 0.214. The number of nitrogens with zero attached hydrogens (tertiary/aromatic N) is 1. The number of nitrogens with one attached hydrogen (secondary N) is 1. The molecule has 0 bridgehead atoms. The molecule has 0 radical (unpaired) electrons. The maximum Gasteiger partial charge on any atom is 0.0614 e. The van der Waals surface area contributed by atoms with Crippen LogP contribution < -0.4 is 5.32 Å². The summed E-state index contributed by atoms with van der Waals surface area (Å²) >= 11 is 8.58. The molecule has 2 heterocycles. The molecule has 26 heavy (non-hydrogen) atoms. The number of piperidine rings is 2. The van der Waals surface area contributed by atoms with Crippen molar-refractivity contribution in [3.05, 3.63) is 70.7 Å². The van der Waals surface area contributed by atoms with E-state index < -0.39 is 0 Å². The van der Waals surface area contributed by atoms with Crippen LogP contribution in [0.25, 0.3) is 0 Å². The lowest BCUT2D eigenvalue weighted by atomic mass is 9.77. The van der Waals surface area contributed by atoms with E-state index in [1.165, 1.54) is 11.1 Å². The predicted octanol–water partition coefficient (Wildman–Crippen LogP) is 5.17. The number of aliphatic hydroxyl groups is 1. The van der Waals surface area contributed by atoms with Crippen LogP contribution in [-0.2, 0) is 0 Å². The van der Waals surface area contributed by atoms with E-state index >= 15 is 0 Å². The fourth-order valence-corrected chi connectivity index (χ4v) is 6.37. The molecular formula is C20H22ClIN2OS. The summed E-state index contributed by atoms with van der Waals surface area (Å²) in [6, 6.07) is 19.5. The average Bonchev–Trinajstić information content (AvgIpc) is 2.67. The molecule has 3 unspecified atom stereocenters. The minimum Gasteiger partial charge on any atom is -0.393 e. The van der Waals surface area contributed by atoms with Gasteiger partial charge in [-0.25, -0.2) is 4.31 Å². The van der Waals surface area contributed by atoms with E-state index in [2.05, 4.69) is 67.2 Å². The first kappa shape index (κ1) is 19.0. The second kappa shape index (κ2) is 8.37. The lowest BCUT2D eigenvalue weighted by Gasteiger charge is -2.49. The Morgan fingerprint density at radius 3 is 2.58 bits per heavy atom. The molecule has 4 rings (SSSR count). The first-order valence-electron chi connectivity index (χ1n) is 8.95. The standard InChI is InChI=1S/C20H22ClIN2OS/c21-15-8-4-7-14(9-15)19-10-18-16(12-24(19)26-22)20(25)11-17(23-18)13-5-2-1-3-6-13/h1-9,16-20,23,25H,10-12H2/t16-,17?,18+,19?,20?/m1/s1. The van der Waals surface area contributed by atoms with E-state index in [4.69, 9.17) is 11.6 Å². The topological polar surface area (TPSA) is 35.5 Å². The van der Waals surface area contributed by atoms with Gasteiger partial charge < -0.3 is 10.4 Å². The Balaban J connectivity index is 1.58. The first-order chi connectivity index (χ1) is 12.7. The molecule has 2 saturated heterocycles. The molecule has 2 aromatic rings. The Kier molecular flexibility index (Phi) is 6.12. The summed E-state index contributed by atoms with van der Waals surface area (Å²) in [6.45, 7) is 0.880. The van der Waals surface area contributed by atoms with Gasteiger partial charge in [-0.15, -0.1) is 0 Å². The van der Waals surface area contributed by atoms with Gasteiger partial charge in [0.25, 0.3) is 0 Å². The summed E-state index contributed by atoms with van der Waals surface area (Å²) in [7, 11) is 1.73. The van der Waals surface area contributed by atoms with Crippen LogP contribution in [0, 0.1) is 5.92 Å². The van der Waals surface area contributed by atoms with E-state index in [0.29, 0.717) is 12.1 Å². The highest BCUT2D eigenvalue weighted by Gasteiger charge is 2.44. The van der Waals surface area contributed by atoms with Gasteiger partial charge in [0.1, 0.15) is 0 Å². The second-order valence-electron chi connectivity index (χ2n) is 7.18. The zero-order chi connectivity index (χ0) is 18.1. The number of aliphatic hydroxyl groups excluding tert-OH is 1. The number of hydrogen-bond acceptors (Lipinski definition) is 4. The molecule has 138 valence electrons. The summed E-state index contributed by atoms with van der Waals surface area (Å²) in [6.07, 6.45) is 1.46. The maximum absolute atomic E-state index is 10.9. The lowest BCUT2D eigenvalue weighted by Crippen LogP contribution is -2.57. The number of rotatable bonds is 3. The van der Waals surface area contributed by atoms with Crippen molar-refractivity contribution in [2.24, 2.45) is 5.92 Å². The highest BCUT2D eigenvalue weighted by Crippen LogP contribution is 2.44. The van der Waals surface area contributed by atoms with Crippen molar-refractivity contribution < 1.29 is 5.11 Å². The smallest absolute Gasteiger partial charge is 0.0614 e. The predicted molar refractivity (Wildman–Crippen MR) is 117 cm³/mol. The van der Waals surface area contributed by atoms with Crippen molar-refractivity contribution in [2.45, 2.75) is 37.1 Å². The Labute approximate surface area is 176 Å². The van der Waals surface area contributed by atoms with Crippen molar-refractivity contribution in [1.82, 2.24) is 9.62 Å². The fraction of sp³-hybridized carbons (Fsp3) is 0.400. The summed E-state index contributed by atoms with van der Waals surface area (Å²) in [5.74, 6) is 0.257. The normalized spacial score (nSPS) is 32.2. The van der Waals surface area contributed by atoms with Gasteiger partial charge >= 0.3 is 0 Å². The highest BCUT2D eigenvalue weighted by molar-refractivity contribution is 14.2. The van der Waals surface area contributed by atoms with Crippen LogP contribution in [0.5, 0.6) is 0 Å². The first-order valence-corrected chi connectivity index (χ1v) is 12.6. The van der Waals surface area contributed by atoms with Gasteiger partial charge in [-0.1, -0.05) is 54.1 Å². The van der Waals surface area contributed by atoms with Crippen molar-refractivity contribution in [3.63, 3.8) is 0 Å². The third-order valence-corrected chi connectivity index (χ3v) is 7.98. The third-order valence-electron chi connectivity index (χ3n) is 5.64. The summed E-state index contributed by atoms with van der Waals surface area (Å²) < 4.78 is 2.39. The molecule has 2 N–H and O–H groups in total. The number of halogens is 2. The van der Waals surface area contributed by atoms with Gasteiger partial charge in [0.15, 0.2) is 0 Å². The monoisotopic (exact) mass is 500 g/mol. The second-order valence-corrected chi connectivity index (χ2v) is 9.40. The van der Waals surface area contributed by atoms with E-state index in [-0.39, 0.29) is 18.1 Å². The molecule has 0 amide bonds. The van der Waals surface area contributed by atoms with E-state index in [9.17, 15) is 5.11 Å². The molecule has 0 spiro atoms. The molecule has 3 nitrogen and oxygen atoms in total. The maximum atomic E-state index is 10.9. The molecule has 2 aliphatic heterocycles. The van der Waals surface area contributed by atoms with Crippen molar-refractivity contribution in [3.8, 4) is 0 Å². The van der Waals surface area contributed by atoms with Gasteiger partial charge in [-0.05, 0) is 45.2 Å². The van der Waals surface area contributed by atoms with Gasteiger partial charge in [0.2, 0.25) is 0 Å². The number of fused-ring (bicyclic) bond motifs is 1. The van der Waals surface area contributed by atoms with Crippen LogP contribution in [0.1, 0.15) is 36.1 Å². The molecule has 0 aliphatic carbocycles. The Hall–Kier alpha value is -0.310. The lowest BCUT2D eigenvalue weighted by molar-refractivity contribution is -0.00689. The Morgan fingerprint density at radius 2 is 1.85 bits per heavy atom.